The molecule has 1 aliphatic rings. The lowest BCUT2D eigenvalue weighted by atomic mass is 10.0. The molecule has 1 aromatic heterocycles. The van der Waals surface area contributed by atoms with Crippen LogP contribution >= 0.6 is 0 Å². The van der Waals surface area contributed by atoms with E-state index in [0.717, 1.165) is 28.7 Å². The van der Waals surface area contributed by atoms with Crippen LogP contribution in [-0.2, 0) is 6.42 Å². The molecule has 0 spiro atoms. The smallest absolute Gasteiger partial charge is 0.308 e. The van der Waals surface area contributed by atoms with Gasteiger partial charge in [-0.15, -0.1) is 0 Å². The number of rotatable bonds is 2. The zero-order chi connectivity index (χ0) is 22.2. The van der Waals surface area contributed by atoms with Gasteiger partial charge in [0.1, 0.15) is 0 Å². The molecule has 0 radical (unpaired) electrons. The highest BCUT2D eigenvalue weighted by Crippen LogP contribution is 2.30. The van der Waals surface area contributed by atoms with Crippen molar-refractivity contribution in [1.82, 2.24) is 9.55 Å². The van der Waals surface area contributed by atoms with Gasteiger partial charge in [-0.3, -0.25) is 9.59 Å². The van der Waals surface area contributed by atoms with Crippen molar-refractivity contribution in [2.24, 2.45) is 0 Å². The fraction of sp³-hybridized carbons (Fsp3) is 0.120. The molecule has 5 rings (SSSR count). The standard InChI is InChI=1S/C25H18N4O3/c1-26-20-13-12-17(23(30)28-14-6-8-16-7-2-5-11-21(16)28)15-22(20)29-24(31)18-9-3-4-10-19(18)27-25(29)32/h2-5,7,9-13,15H,6,8,14H2,(H,27,32). The van der Waals surface area contributed by atoms with Crippen LogP contribution in [0.25, 0.3) is 21.4 Å². The fourth-order valence-electron chi connectivity index (χ4n) is 4.21. The maximum Gasteiger partial charge on any atom is 0.332 e. The van der Waals surface area contributed by atoms with Gasteiger partial charge in [0.25, 0.3) is 11.5 Å². The van der Waals surface area contributed by atoms with E-state index in [4.69, 9.17) is 6.57 Å². The number of aryl methyl sites for hydroxylation is 1. The highest BCUT2D eigenvalue weighted by Gasteiger charge is 2.24. The van der Waals surface area contributed by atoms with Crippen LogP contribution in [0.1, 0.15) is 22.3 Å². The van der Waals surface area contributed by atoms with Gasteiger partial charge in [0.05, 0.1) is 23.2 Å². The maximum absolute atomic E-state index is 13.4. The van der Waals surface area contributed by atoms with E-state index < -0.39 is 11.2 Å². The summed E-state index contributed by atoms with van der Waals surface area (Å²) in [6.45, 7) is 8.09. The lowest BCUT2D eigenvalue weighted by Gasteiger charge is -2.29. The molecule has 1 aliphatic heterocycles. The Labute approximate surface area is 183 Å². The Kier molecular flexibility index (Phi) is 4.68. The molecule has 156 valence electrons. The average molecular weight is 422 g/mol. The minimum Gasteiger partial charge on any atom is -0.308 e. The first-order chi connectivity index (χ1) is 15.6. The van der Waals surface area contributed by atoms with Gasteiger partial charge in [-0.1, -0.05) is 42.5 Å². The van der Waals surface area contributed by atoms with Crippen molar-refractivity contribution in [1.29, 1.82) is 0 Å². The van der Waals surface area contributed by atoms with Crippen LogP contribution < -0.4 is 16.1 Å². The van der Waals surface area contributed by atoms with Crippen LogP contribution in [0.3, 0.4) is 0 Å². The van der Waals surface area contributed by atoms with Crippen LogP contribution in [0.4, 0.5) is 11.4 Å². The van der Waals surface area contributed by atoms with Gasteiger partial charge in [0.15, 0.2) is 0 Å². The van der Waals surface area contributed by atoms with E-state index in [9.17, 15) is 14.4 Å². The van der Waals surface area contributed by atoms with Crippen molar-refractivity contribution in [2.75, 3.05) is 11.4 Å². The van der Waals surface area contributed by atoms with Gasteiger partial charge >= 0.3 is 5.69 Å². The summed E-state index contributed by atoms with van der Waals surface area (Å²) in [7, 11) is 0. The number of benzene rings is 3. The number of H-pyrrole nitrogens is 1. The monoisotopic (exact) mass is 422 g/mol. The third-order valence-corrected chi connectivity index (χ3v) is 5.74. The minimum absolute atomic E-state index is 0.0909. The van der Waals surface area contributed by atoms with Crippen molar-refractivity contribution in [3.8, 4) is 5.69 Å². The Bertz CT molecular complexity index is 1540. The number of carbonyl (C=O) groups is 1. The zero-order valence-corrected chi connectivity index (χ0v) is 17.0. The van der Waals surface area contributed by atoms with Gasteiger partial charge < -0.3 is 9.88 Å². The zero-order valence-electron chi connectivity index (χ0n) is 17.0. The van der Waals surface area contributed by atoms with E-state index in [2.05, 4.69) is 9.83 Å². The highest BCUT2D eigenvalue weighted by molar-refractivity contribution is 6.07. The Hall–Kier alpha value is -4.44. The molecule has 0 atom stereocenters. The Balaban J connectivity index is 1.67. The SMILES string of the molecule is [C-]#[N+]c1ccc(C(=O)N2CCCc3ccccc32)cc1-n1c(=O)[nH]c2ccccc2c1=O. The van der Waals surface area contributed by atoms with Crippen molar-refractivity contribution in [3.63, 3.8) is 0 Å². The summed E-state index contributed by atoms with van der Waals surface area (Å²) in [5.74, 6) is -0.236. The second-order valence-electron chi connectivity index (χ2n) is 7.62. The van der Waals surface area contributed by atoms with Crippen molar-refractivity contribution < 1.29 is 4.79 Å². The van der Waals surface area contributed by atoms with Crippen LogP contribution in [0.15, 0.2) is 76.3 Å². The first-order valence-electron chi connectivity index (χ1n) is 10.2. The van der Waals surface area contributed by atoms with Crippen molar-refractivity contribution >= 4 is 28.2 Å². The maximum atomic E-state index is 13.4. The number of fused-ring (bicyclic) bond motifs is 2. The van der Waals surface area contributed by atoms with Gasteiger partial charge in [-0.2, -0.15) is 0 Å². The molecule has 2 heterocycles. The van der Waals surface area contributed by atoms with Crippen molar-refractivity contribution in [3.05, 3.63) is 110 Å². The second-order valence-corrected chi connectivity index (χ2v) is 7.62. The molecule has 0 saturated heterocycles. The number of hydrogen-bond donors (Lipinski definition) is 1. The third-order valence-electron chi connectivity index (χ3n) is 5.74. The molecule has 0 unspecified atom stereocenters. The van der Waals surface area contributed by atoms with Gasteiger partial charge in [-0.25, -0.2) is 14.2 Å². The van der Waals surface area contributed by atoms with Crippen LogP contribution in [0.2, 0.25) is 0 Å². The summed E-state index contributed by atoms with van der Waals surface area (Å²) >= 11 is 0. The van der Waals surface area contributed by atoms with Crippen LogP contribution in [-0.4, -0.2) is 22.0 Å². The lowest BCUT2D eigenvalue weighted by Crippen LogP contribution is -2.36. The molecule has 32 heavy (non-hydrogen) atoms. The molecule has 4 aromatic rings. The number of hydrogen-bond acceptors (Lipinski definition) is 3. The predicted octanol–water partition coefficient (Wildman–Crippen LogP) is 3.82. The number of carbonyl (C=O) groups excluding carboxylic acids is 1. The molecule has 0 fully saturated rings. The summed E-state index contributed by atoms with van der Waals surface area (Å²) in [6.07, 6.45) is 1.75. The summed E-state index contributed by atoms with van der Waals surface area (Å²) in [4.78, 5) is 47.2. The number of anilines is 1. The Morgan fingerprint density at radius 3 is 2.59 bits per heavy atom. The van der Waals surface area contributed by atoms with E-state index in [1.807, 2.05) is 24.3 Å². The van der Waals surface area contributed by atoms with Crippen molar-refractivity contribution in [2.45, 2.75) is 12.8 Å². The number of nitrogens with zero attached hydrogens (tertiary/aromatic N) is 3. The molecular formula is C25H18N4O3. The molecule has 0 bridgehead atoms. The molecule has 3 aromatic carbocycles. The lowest BCUT2D eigenvalue weighted by molar-refractivity contribution is 0.0985. The molecule has 7 nitrogen and oxygen atoms in total. The van der Waals surface area contributed by atoms with Crippen LogP contribution in [0.5, 0.6) is 0 Å². The Morgan fingerprint density at radius 2 is 1.75 bits per heavy atom. The first-order valence-corrected chi connectivity index (χ1v) is 10.2. The number of aromatic amines is 1. The summed E-state index contributed by atoms with van der Waals surface area (Å²) in [5, 5.41) is 0.324. The fourth-order valence-corrected chi connectivity index (χ4v) is 4.21. The summed E-state index contributed by atoms with van der Waals surface area (Å²) < 4.78 is 0.927. The van der Waals surface area contributed by atoms with E-state index in [-0.39, 0.29) is 17.3 Å². The summed E-state index contributed by atoms with van der Waals surface area (Å²) in [5.41, 5.74) is 1.70. The third kappa shape index (κ3) is 3.10. The van der Waals surface area contributed by atoms with Gasteiger partial charge in [-0.05, 0) is 42.7 Å². The molecule has 0 saturated carbocycles. The Morgan fingerprint density at radius 1 is 0.969 bits per heavy atom. The molecular weight excluding hydrogens is 404 g/mol. The quantitative estimate of drug-likeness (QED) is 0.499. The molecule has 1 amide bonds. The van der Waals surface area contributed by atoms with E-state index in [0.29, 0.717) is 23.0 Å². The highest BCUT2D eigenvalue weighted by atomic mass is 16.2. The van der Waals surface area contributed by atoms with E-state index >= 15 is 0 Å². The first kappa shape index (κ1) is 19.5. The minimum atomic E-state index is -0.661. The number of amides is 1. The molecule has 0 aliphatic carbocycles. The average Bonchev–Trinajstić information content (AvgIpc) is 2.83. The number of aromatic nitrogens is 2. The van der Waals surface area contributed by atoms with Gasteiger partial charge in [0, 0.05) is 17.8 Å². The summed E-state index contributed by atoms with van der Waals surface area (Å²) in [6, 6.07) is 19.0. The second kappa shape index (κ2) is 7.67. The number of para-hydroxylation sites is 2. The molecule has 1 N–H and O–H groups in total. The predicted molar refractivity (Wildman–Crippen MR) is 123 cm³/mol. The number of nitrogens with one attached hydrogen (secondary N) is 1. The molecule has 7 heteroatoms. The topological polar surface area (TPSA) is 79.5 Å². The van der Waals surface area contributed by atoms with E-state index in [1.165, 1.54) is 12.1 Å². The van der Waals surface area contributed by atoms with Crippen LogP contribution in [0, 0.1) is 6.57 Å². The normalized spacial score (nSPS) is 12.9. The largest absolute Gasteiger partial charge is 0.332 e. The van der Waals surface area contributed by atoms with E-state index in [1.54, 1.807) is 35.2 Å². The van der Waals surface area contributed by atoms with Gasteiger partial charge in [0.2, 0.25) is 5.69 Å².